The summed E-state index contributed by atoms with van der Waals surface area (Å²) in [5.41, 5.74) is -0.398. The molecule has 1 aliphatic rings. The molecule has 0 saturated carbocycles. The van der Waals surface area contributed by atoms with E-state index < -0.39 is 30.2 Å². The van der Waals surface area contributed by atoms with Gasteiger partial charge in [-0.1, -0.05) is 32.0 Å². The molecular weight excluding hydrogens is 394 g/mol. The lowest BCUT2D eigenvalue weighted by Crippen LogP contribution is -2.41. The largest absolute Gasteiger partial charge is 0.494 e. The fourth-order valence-electron chi connectivity index (χ4n) is 2.73. The van der Waals surface area contributed by atoms with Gasteiger partial charge in [0.15, 0.2) is 0 Å². The van der Waals surface area contributed by atoms with Crippen molar-refractivity contribution in [1.82, 2.24) is 4.98 Å². The monoisotopic (exact) mass is 421 g/mol. The Morgan fingerprint density at radius 3 is 2.17 bits per heavy atom. The fourth-order valence-corrected chi connectivity index (χ4v) is 2.73. The summed E-state index contributed by atoms with van der Waals surface area (Å²) in [6.07, 6.45) is -3.42. The zero-order chi connectivity index (χ0) is 22.7. The van der Waals surface area contributed by atoms with Crippen LogP contribution in [0.25, 0.3) is 0 Å². The maximum absolute atomic E-state index is 12.9. The lowest BCUT2D eigenvalue weighted by Gasteiger charge is -2.32. The minimum Gasteiger partial charge on any atom is -0.399 e. The van der Waals surface area contributed by atoms with Crippen LogP contribution in [0, 0.1) is 5.41 Å². The first-order valence-corrected chi connectivity index (χ1v) is 9.74. The number of halogens is 3. The van der Waals surface area contributed by atoms with E-state index in [2.05, 4.69) is 10.3 Å². The Morgan fingerprint density at radius 2 is 1.63 bits per heavy atom. The van der Waals surface area contributed by atoms with Crippen molar-refractivity contribution in [2.24, 2.45) is 0 Å². The van der Waals surface area contributed by atoms with Crippen LogP contribution < -0.4 is 10.8 Å². The Labute approximate surface area is 175 Å². The Balaban J connectivity index is 0.00000155. The molecule has 162 valence electrons. The quantitative estimate of drug-likeness (QED) is 0.528. The van der Waals surface area contributed by atoms with Crippen molar-refractivity contribution in [2.45, 2.75) is 58.9 Å². The number of benzene rings is 1. The second-order valence-electron chi connectivity index (χ2n) is 7.61. The predicted molar refractivity (Wildman–Crippen MR) is 114 cm³/mol. The van der Waals surface area contributed by atoms with Gasteiger partial charge in [0.25, 0.3) is 0 Å². The first kappa shape index (κ1) is 23.9. The van der Waals surface area contributed by atoms with Crippen LogP contribution in [0.3, 0.4) is 0 Å². The molecule has 0 unspecified atom stereocenters. The summed E-state index contributed by atoms with van der Waals surface area (Å²) in [7, 11) is -0.625. The number of nitrogens with one attached hydrogen (secondary N) is 2. The van der Waals surface area contributed by atoms with Crippen molar-refractivity contribution >= 4 is 30.3 Å². The zero-order valence-electron chi connectivity index (χ0n) is 18.0. The molecule has 9 heteroatoms. The maximum atomic E-state index is 12.9. The molecule has 0 atom stereocenters. The van der Waals surface area contributed by atoms with Crippen molar-refractivity contribution in [2.75, 3.05) is 5.32 Å². The summed E-state index contributed by atoms with van der Waals surface area (Å²) in [5.74, 6) is 0.0315. The third-order valence-corrected chi connectivity index (χ3v) is 5.06. The van der Waals surface area contributed by atoms with Gasteiger partial charge in [-0.2, -0.15) is 13.2 Å². The summed E-state index contributed by atoms with van der Waals surface area (Å²) in [5, 5.41) is 10.4. The predicted octanol–water partition coefficient (Wildman–Crippen LogP) is 5.17. The second-order valence-corrected chi connectivity index (χ2v) is 7.61. The van der Waals surface area contributed by atoms with Crippen molar-refractivity contribution in [3.05, 3.63) is 47.7 Å². The Hall–Kier alpha value is -2.39. The van der Waals surface area contributed by atoms with Crippen molar-refractivity contribution in [3.8, 4) is 0 Å². The average molecular weight is 421 g/mol. The topological polar surface area (TPSA) is 67.2 Å². The van der Waals surface area contributed by atoms with E-state index in [1.165, 1.54) is 12.1 Å². The van der Waals surface area contributed by atoms with Crippen LogP contribution in [0.1, 0.15) is 52.8 Å². The third kappa shape index (κ3) is 5.02. The summed E-state index contributed by atoms with van der Waals surface area (Å²) in [6, 6.07) is 8.77. The van der Waals surface area contributed by atoms with E-state index in [9.17, 15) is 13.2 Å². The van der Waals surface area contributed by atoms with Crippen molar-refractivity contribution < 1.29 is 22.5 Å². The van der Waals surface area contributed by atoms with Crippen LogP contribution in [-0.2, 0) is 15.5 Å². The molecule has 0 spiro atoms. The minimum absolute atomic E-state index is 0.0315. The van der Waals surface area contributed by atoms with Crippen LogP contribution >= 0.6 is 0 Å². The Bertz CT molecular complexity index is 885. The Morgan fingerprint density at radius 1 is 1.03 bits per heavy atom. The standard InChI is InChI=1S/C19H21BF3N3O2.C2H6/c1-17(2)18(3,4)28-20(27-17)13-9-8-12(11-24)14(10-13)25-16-7-5-6-15(26-16)19(21,22)23;1-2/h5-11,24H,1-4H3,(H,25,26);1-2H3. The van der Waals surface area contributed by atoms with E-state index in [1.807, 2.05) is 41.5 Å². The maximum Gasteiger partial charge on any atom is 0.494 e. The van der Waals surface area contributed by atoms with Gasteiger partial charge < -0.3 is 20.0 Å². The zero-order valence-corrected chi connectivity index (χ0v) is 18.0. The molecule has 2 aromatic rings. The summed E-state index contributed by atoms with van der Waals surface area (Å²) in [6.45, 7) is 11.7. The number of hydrogen-bond acceptors (Lipinski definition) is 5. The third-order valence-electron chi connectivity index (χ3n) is 5.06. The molecule has 2 N–H and O–H groups in total. The summed E-state index contributed by atoms with van der Waals surface area (Å²) >= 11 is 0. The van der Waals surface area contributed by atoms with Crippen molar-refractivity contribution in [3.63, 3.8) is 0 Å². The van der Waals surface area contributed by atoms with E-state index in [-0.39, 0.29) is 5.82 Å². The van der Waals surface area contributed by atoms with Gasteiger partial charge >= 0.3 is 13.3 Å². The van der Waals surface area contributed by atoms with E-state index in [4.69, 9.17) is 14.7 Å². The van der Waals surface area contributed by atoms with Crippen LogP contribution in [0.4, 0.5) is 24.7 Å². The minimum atomic E-state index is -4.54. The van der Waals surface area contributed by atoms with Gasteiger partial charge in [-0.3, -0.25) is 0 Å². The molecule has 1 fully saturated rings. The first-order chi connectivity index (χ1) is 13.9. The molecule has 0 aliphatic carbocycles. The van der Waals surface area contributed by atoms with Gasteiger partial charge in [0.1, 0.15) is 11.5 Å². The van der Waals surface area contributed by atoms with Gasteiger partial charge in [0, 0.05) is 17.5 Å². The normalized spacial score (nSPS) is 17.2. The first-order valence-electron chi connectivity index (χ1n) is 9.74. The summed E-state index contributed by atoms with van der Waals surface area (Å²) in [4.78, 5) is 3.61. The number of anilines is 2. The molecule has 1 aliphatic heterocycles. The number of pyridine rings is 1. The smallest absolute Gasteiger partial charge is 0.399 e. The fraction of sp³-hybridized carbons (Fsp3) is 0.429. The van der Waals surface area contributed by atoms with E-state index >= 15 is 0 Å². The number of alkyl halides is 3. The van der Waals surface area contributed by atoms with Crippen LogP contribution in [-0.4, -0.2) is 29.5 Å². The van der Waals surface area contributed by atoms with Crippen LogP contribution in [0.2, 0.25) is 0 Å². The summed E-state index contributed by atoms with van der Waals surface area (Å²) < 4.78 is 50.8. The molecule has 1 saturated heterocycles. The molecule has 1 aromatic heterocycles. The highest BCUT2D eigenvalue weighted by Crippen LogP contribution is 2.36. The highest BCUT2D eigenvalue weighted by atomic mass is 19.4. The number of aromatic nitrogens is 1. The molecule has 2 heterocycles. The molecule has 30 heavy (non-hydrogen) atoms. The lowest BCUT2D eigenvalue weighted by atomic mass is 9.78. The number of hydrogen-bond donors (Lipinski definition) is 2. The van der Waals surface area contributed by atoms with E-state index in [0.29, 0.717) is 16.7 Å². The van der Waals surface area contributed by atoms with Crippen LogP contribution in [0.5, 0.6) is 0 Å². The molecule has 0 bridgehead atoms. The highest BCUT2D eigenvalue weighted by molar-refractivity contribution is 6.62. The molecule has 0 radical (unpaired) electrons. The molecule has 1 aromatic carbocycles. The highest BCUT2D eigenvalue weighted by Gasteiger charge is 2.51. The molecule has 5 nitrogen and oxygen atoms in total. The lowest BCUT2D eigenvalue weighted by molar-refractivity contribution is -0.141. The van der Waals surface area contributed by atoms with E-state index in [0.717, 1.165) is 12.3 Å². The average Bonchev–Trinajstić information content (AvgIpc) is 2.90. The van der Waals surface area contributed by atoms with Gasteiger partial charge in [0.05, 0.1) is 11.2 Å². The van der Waals surface area contributed by atoms with Gasteiger partial charge in [0.2, 0.25) is 0 Å². The molecular formula is C21H27BF3N3O2. The van der Waals surface area contributed by atoms with E-state index in [1.54, 1.807) is 18.2 Å². The number of rotatable bonds is 4. The van der Waals surface area contributed by atoms with Gasteiger partial charge in [-0.15, -0.1) is 0 Å². The number of nitrogens with zero attached hydrogens (tertiary/aromatic N) is 1. The van der Waals surface area contributed by atoms with Gasteiger partial charge in [-0.05, 0) is 51.4 Å². The Kier molecular flexibility index (Phi) is 6.99. The SMILES string of the molecule is CC.CC1(C)OB(c2ccc(C=N)c(Nc3cccc(C(F)(F)F)n3)c2)OC1(C)C. The van der Waals surface area contributed by atoms with Crippen LogP contribution in [0.15, 0.2) is 36.4 Å². The van der Waals surface area contributed by atoms with Crippen molar-refractivity contribution in [1.29, 1.82) is 5.41 Å². The molecule has 0 amide bonds. The second kappa shape index (κ2) is 8.77. The van der Waals surface area contributed by atoms with Gasteiger partial charge in [-0.25, -0.2) is 4.98 Å². The molecule has 3 rings (SSSR count).